The molecule has 1 N–H and O–H groups in total. The van der Waals surface area contributed by atoms with Crippen molar-refractivity contribution in [2.24, 2.45) is 0 Å². The fraction of sp³-hybridized carbons (Fsp3) is 0.273. The Bertz CT molecular complexity index is 1050. The second-order valence-corrected chi connectivity index (χ2v) is 7.95. The number of benzene rings is 1. The number of amides is 1. The number of hydrogen-bond acceptors (Lipinski definition) is 5. The van der Waals surface area contributed by atoms with Gasteiger partial charge in [-0.1, -0.05) is 36.0 Å². The second-order valence-electron chi connectivity index (χ2n) is 6.98. The molecule has 0 spiro atoms. The van der Waals surface area contributed by atoms with Crippen LogP contribution in [0.25, 0.3) is 0 Å². The molecule has 0 saturated heterocycles. The van der Waals surface area contributed by atoms with Crippen LogP contribution in [0.4, 0.5) is 5.69 Å². The Hall–Kier alpha value is -2.93. The van der Waals surface area contributed by atoms with Crippen LogP contribution < -0.4 is 11.0 Å². The fourth-order valence-corrected chi connectivity index (χ4v) is 4.43. The van der Waals surface area contributed by atoms with Gasteiger partial charge < -0.3 is 5.32 Å². The van der Waals surface area contributed by atoms with Gasteiger partial charge in [0.2, 0.25) is 5.91 Å². The van der Waals surface area contributed by atoms with Gasteiger partial charge in [0.15, 0.2) is 0 Å². The van der Waals surface area contributed by atoms with Crippen molar-refractivity contribution in [2.45, 2.75) is 37.3 Å². The average molecular weight is 407 g/mol. The molecule has 0 radical (unpaired) electrons. The van der Waals surface area contributed by atoms with Crippen molar-refractivity contribution >= 4 is 23.4 Å². The summed E-state index contributed by atoms with van der Waals surface area (Å²) < 4.78 is 1.76. The van der Waals surface area contributed by atoms with Crippen molar-refractivity contribution in [1.82, 2.24) is 14.5 Å². The molecule has 0 saturated carbocycles. The normalized spacial score (nSPS) is 13.0. The highest BCUT2D eigenvalue weighted by molar-refractivity contribution is 8.00. The van der Waals surface area contributed by atoms with Gasteiger partial charge in [-0.25, -0.2) is 4.79 Å². The SMILES string of the molecule is O=C(CSc1nc(=O)n(Cc2cccnc2)c2c1CCCC2)Nc1ccccc1. The highest BCUT2D eigenvalue weighted by Gasteiger charge is 2.21. The van der Waals surface area contributed by atoms with E-state index >= 15 is 0 Å². The van der Waals surface area contributed by atoms with E-state index in [1.54, 1.807) is 17.0 Å². The summed E-state index contributed by atoms with van der Waals surface area (Å²) >= 11 is 1.34. The molecule has 0 bridgehead atoms. The number of fused-ring (bicyclic) bond motifs is 1. The predicted octanol–water partition coefficient (Wildman–Crippen LogP) is 3.30. The number of carbonyl (C=O) groups is 1. The molecule has 29 heavy (non-hydrogen) atoms. The maximum Gasteiger partial charge on any atom is 0.349 e. The van der Waals surface area contributed by atoms with Crippen LogP contribution in [0.2, 0.25) is 0 Å². The summed E-state index contributed by atoms with van der Waals surface area (Å²) in [5.41, 5.74) is 3.63. The Kier molecular flexibility index (Phi) is 6.05. The number of pyridine rings is 1. The first-order chi connectivity index (χ1) is 14.2. The smallest absolute Gasteiger partial charge is 0.325 e. The topological polar surface area (TPSA) is 76.9 Å². The molecule has 2 heterocycles. The average Bonchev–Trinajstić information content (AvgIpc) is 2.76. The molecule has 1 aliphatic carbocycles. The summed E-state index contributed by atoms with van der Waals surface area (Å²) in [6.45, 7) is 0.474. The van der Waals surface area contributed by atoms with Gasteiger partial charge in [-0.05, 0) is 49.4 Å². The molecular formula is C22H22N4O2S. The van der Waals surface area contributed by atoms with Crippen LogP contribution in [-0.4, -0.2) is 26.2 Å². The van der Waals surface area contributed by atoms with Gasteiger partial charge >= 0.3 is 5.69 Å². The second kappa shape index (κ2) is 9.05. The minimum atomic E-state index is -0.263. The number of para-hydroxylation sites is 1. The summed E-state index contributed by atoms with van der Waals surface area (Å²) in [6, 6.07) is 13.2. The molecule has 148 valence electrons. The molecule has 1 aliphatic rings. The maximum atomic E-state index is 12.8. The van der Waals surface area contributed by atoms with Gasteiger partial charge in [0.1, 0.15) is 5.03 Å². The molecule has 0 fully saturated rings. The zero-order chi connectivity index (χ0) is 20.1. The third-order valence-electron chi connectivity index (χ3n) is 4.91. The molecule has 6 nitrogen and oxygen atoms in total. The number of aromatic nitrogens is 3. The third kappa shape index (κ3) is 4.74. The Morgan fingerprint density at radius 1 is 1.10 bits per heavy atom. The van der Waals surface area contributed by atoms with Crippen molar-refractivity contribution in [1.29, 1.82) is 0 Å². The van der Waals surface area contributed by atoms with Gasteiger partial charge in [0, 0.05) is 29.3 Å². The van der Waals surface area contributed by atoms with E-state index in [2.05, 4.69) is 15.3 Å². The standard InChI is InChI=1S/C22H22N4O2S/c27-20(24-17-8-2-1-3-9-17)15-29-21-18-10-4-5-11-19(18)26(22(28)25-21)14-16-7-6-12-23-13-16/h1-3,6-9,12-13H,4-5,10-11,14-15H2,(H,24,27). The van der Waals surface area contributed by atoms with Gasteiger partial charge in [0.25, 0.3) is 0 Å². The summed E-state index contributed by atoms with van der Waals surface area (Å²) in [6.07, 6.45) is 7.37. The first-order valence-electron chi connectivity index (χ1n) is 9.70. The first-order valence-corrected chi connectivity index (χ1v) is 10.7. The summed E-state index contributed by atoms with van der Waals surface area (Å²) in [7, 11) is 0. The van der Waals surface area contributed by atoms with Gasteiger partial charge in [0.05, 0.1) is 12.3 Å². The Balaban J connectivity index is 1.54. The highest BCUT2D eigenvalue weighted by Crippen LogP contribution is 2.28. The van der Waals surface area contributed by atoms with Crippen LogP contribution in [0.15, 0.2) is 64.7 Å². The number of rotatable bonds is 6. The lowest BCUT2D eigenvalue weighted by Crippen LogP contribution is -2.30. The Morgan fingerprint density at radius 3 is 2.72 bits per heavy atom. The van der Waals surface area contributed by atoms with Gasteiger partial charge in [-0.15, -0.1) is 0 Å². The van der Waals surface area contributed by atoms with E-state index in [9.17, 15) is 9.59 Å². The largest absolute Gasteiger partial charge is 0.349 e. The van der Waals surface area contributed by atoms with E-state index in [1.165, 1.54) is 11.8 Å². The van der Waals surface area contributed by atoms with Crippen LogP contribution in [0.3, 0.4) is 0 Å². The fourth-order valence-electron chi connectivity index (χ4n) is 3.56. The lowest BCUT2D eigenvalue weighted by Gasteiger charge is -2.22. The van der Waals surface area contributed by atoms with Crippen molar-refractivity contribution in [3.05, 3.63) is 82.2 Å². The van der Waals surface area contributed by atoms with Crippen LogP contribution in [0, 0.1) is 0 Å². The third-order valence-corrected chi connectivity index (χ3v) is 5.93. The number of thioether (sulfide) groups is 1. The minimum absolute atomic E-state index is 0.105. The highest BCUT2D eigenvalue weighted by atomic mass is 32.2. The van der Waals surface area contributed by atoms with Crippen LogP contribution in [0.1, 0.15) is 29.7 Å². The van der Waals surface area contributed by atoms with Crippen LogP contribution >= 0.6 is 11.8 Å². The lowest BCUT2D eigenvalue weighted by atomic mass is 9.97. The van der Waals surface area contributed by atoms with E-state index in [4.69, 9.17) is 0 Å². The molecule has 0 unspecified atom stereocenters. The maximum absolute atomic E-state index is 12.8. The van der Waals surface area contributed by atoms with E-state index in [0.29, 0.717) is 11.6 Å². The molecule has 0 atom stereocenters. The Labute approximate surface area is 173 Å². The van der Waals surface area contributed by atoms with Crippen LogP contribution in [0.5, 0.6) is 0 Å². The predicted molar refractivity (Wildman–Crippen MR) is 114 cm³/mol. The summed E-state index contributed by atoms with van der Waals surface area (Å²) in [5.74, 6) is 0.118. The molecule has 1 amide bonds. The zero-order valence-corrected chi connectivity index (χ0v) is 16.8. The number of anilines is 1. The number of hydrogen-bond donors (Lipinski definition) is 1. The first kappa shape index (κ1) is 19.4. The minimum Gasteiger partial charge on any atom is -0.325 e. The van der Waals surface area contributed by atoms with Crippen molar-refractivity contribution in [3.63, 3.8) is 0 Å². The lowest BCUT2D eigenvalue weighted by molar-refractivity contribution is -0.113. The van der Waals surface area contributed by atoms with Crippen molar-refractivity contribution in [3.8, 4) is 0 Å². The van der Waals surface area contributed by atoms with Crippen molar-refractivity contribution < 1.29 is 4.79 Å². The molecule has 4 rings (SSSR count). The molecule has 0 aliphatic heterocycles. The molecule has 1 aromatic carbocycles. The number of nitrogens with one attached hydrogen (secondary N) is 1. The molecular weight excluding hydrogens is 384 g/mol. The van der Waals surface area contributed by atoms with Gasteiger partial charge in [-0.3, -0.25) is 14.3 Å². The van der Waals surface area contributed by atoms with E-state index < -0.39 is 0 Å². The van der Waals surface area contributed by atoms with E-state index in [-0.39, 0.29) is 17.3 Å². The molecule has 7 heteroatoms. The van der Waals surface area contributed by atoms with E-state index in [0.717, 1.165) is 48.2 Å². The van der Waals surface area contributed by atoms with Crippen molar-refractivity contribution in [2.75, 3.05) is 11.1 Å². The number of nitrogens with zero attached hydrogens (tertiary/aromatic N) is 3. The molecule has 3 aromatic rings. The summed E-state index contributed by atoms with van der Waals surface area (Å²) in [4.78, 5) is 33.5. The van der Waals surface area contributed by atoms with Gasteiger partial charge in [-0.2, -0.15) is 4.98 Å². The molecule has 2 aromatic heterocycles. The van der Waals surface area contributed by atoms with E-state index in [1.807, 2.05) is 42.5 Å². The number of carbonyl (C=O) groups excluding carboxylic acids is 1. The quantitative estimate of drug-likeness (QED) is 0.502. The Morgan fingerprint density at radius 2 is 1.93 bits per heavy atom. The summed E-state index contributed by atoms with van der Waals surface area (Å²) in [5, 5.41) is 3.56. The zero-order valence-electron chi connectivity index (χ0n) is 16.0. The van der Waals surface area contributed by atoms with Crippen LogP contribution in [-0.2, 0) is 24.2 Å². The monoisotopic (exact) mass is 406 g/mol.